The van der Waals surface area contributed by atoms with E-state index in [1.807, 2.05) is 18.2 Å². The topological polar surface area (TPSA) is 24.2 Å². The van der Waals surface area contributed by atoms with Crippen molar-refractivity contribution < 1.29 is 9.36 Å². The number of aryl methyl sites for hydroxylation is 1. The van der Waals surface area contributed by atoms with Crippen molar-refractivity contribution in [1.29, 1.82) is 0 Å². The molecule has 1 amide bonds. The Balaban J connectivity index is 1.69. The van der Waals surface area contributed by atoms with E-state index in [9.17, 15) is 4.79 Å². The van der Waals surface area contributed by atoms with Crippen LogP contribution in [-0.2, 0) is 11.3 Å². The Kier molecular flexibility index (Phi) is 6.03. The van der Waals surface area contributed by atoms with Gasteiger partial charge in [0.2, 0.25) is 5.91 Å². The Bertz CT molecular complexity index is 405. The number of likely N-dealkylation sites (tertiary alicyclic amines) is 1. The number of hydrogen-bond acceptors (Lipinski definition) is 1. The smallest absolute Gasteiger partial charge is 0.222 e. The lowest BCUT2D eigenvalue weighted by Crippen LogP contribution is -2.43. The van der Waals surface area contributed by atoms with Crippen molar-refractivity contribution in [3.8, 4) is 0 Å². The minimum Gasteiger partial charge on any atom is -0.340 e. The van der Waals surface area contributed by atoms with Crippen molar-refractivity contribution in [2.75, 3.05) is 6.54 Å². The normalized spacial score (nSPS) is 19.1. The molecule has 0 aliphatic carbocycles. The van der Waals surface area contributed by atoms with Crippen molar-refractivity contribution in [3.63, 3.8) is 0 Å². The van der Waals surface area contributed by atoms with E-state index < -0.39 is 0 Å². The van der Waals surface area contributed by atoms with Gasteiger partial charge in [0, 0.05) is 37.6 Å². The molecule has 2 heterocycles. The summed E-state index contributed by atoms with van der Waals surface area (Å²) in [6.07, 6.45) is 11.7. The molecule has 1 aliphatic heterocycles. The first-order chi connectivity index (χ1) is 9.81. The van der Waals surface area contributed by atoms with Gasteiger partial charge in [0.1, 0.15) is 6.54 Å². The molecule has 1 aromatic rings. The molecule has 0 N–H and O–H groups in total. The summed E-state index contributed by atoms with van der Waals surface area (Å²) in [7, 11) is 0. The van der Waals surface area contributed by atoms with Crippen LogP contribution in [0.2, 0.25) is 0 Å². The summed E-state index contributed by atoms with van der Waals surface area (Å²) in [5, 5.41) is 0. The number of carbonyl (C=O) groups is 1. The molecular weight excluding hydrogens is 248 g/mol. The highest BCUT2D eigenvalue weighted by Gasteiger charge is 2.24. The van der Waals surface area contributed by atoms with E-state index in [1.54, 1.807) is 0 Å². The molecule has 1 atom stereocenters. The van der Waals surface area contributed by atoms with Crippen LogP contribution in [0.15, 0.2) is 30.6 Å². The Morgan fingerprint density at radius 2 is 2.00 bits per heavy atom. The Hall–Kier alpha value is -1.38. The van der Waals surface area contributed by atoms with Crippen LogP contribution in [0.3, 0.4) is 0 Å². The number of hydrogen-bond donors (Lipinski definition) is 0. The summed E-state index contributed by atoms with van der Waals surface area (Å²) in [4.78, 5) is 14.4. The third-order valence-corrected chi connectivity index (χ3v) is 4.25. The highest BCUT2D eigenvalue weighted by atomic mass is 16.2. The first kappa shape index (κ1) is 15.0. The quantitative estimate of drug-likeness (QED) is 0.578. The van der Waals surface area contributed by atoms with E-state index in [4.69, 9.17) is 0 Å². The van der Waals surface area contributed by atoms with Crippen molar-refractivity contribution in [2.24, 2.45) is 0 Å². The first-order valence-corrected chi connectivity index (χ1v) is 8.05. The summed E-state index contributed by atoms with van der Waals surface area (Å²) < 4.78 is 2.18. The van der Waals surface area contributed by atoms with Crippen LogP contribution in [0.5, 0.6) is 0 Å². The highest BCUT2D eigenvalue weighted by Crippen LogP contribution is 2.20. The van der Waals surface area contributed by atoms with Crippen molar-refractivity contribution in [3.05, 3.63) is 30.6 Å². The molecule has 0 spiro atoms. The van der Waals surface area contributed by atoms with E-state index in [0.717, 1.165) is 32.4 Å². The van der Waals surface area contributed by atoms with Crippen LogP contribution in [0.4, 0.5) is 0 Å². The SMILES string of the molecule is CCC1CCCCN1C(=O)CCCC[n+]1ccccc1. The van der Waals surface area contributed by atoms with Gasteiger partial charge < -0.3 is 4.90 Å². The fourth-order valence-electron chi connectivity index (χ4n) is 3.05. The maximum absolute atomic E-state index is 12.3. The van der Waals surface area contributed by atoms with Gasteiger partial charge in [0.25, 0.3) is 0 Å². The van der Waals surface area contributed by atoms with Gasteiger partial charge >= 0.3 is 0 Å². The number of unbranched alkanes of at least 4 members (excludes halogenated alkanes) is 1. The van der Waals surface area contributed by atoms with Crippen LogP contribution in [0.25, 0.3) is 0 Å². The zero-order valence-electron chi connectivity index (χ0n) is 12.6. The fraction of sp³-hybridized carbons (Fsp3) is 0.647. The third kappa shape index (κ3) is 4.32. The molecule has 3 nitrogen and oxygen atoms in total. The molecule has 110 valence electrons. The van der Waals surface area contributed by atoms with Gasteiger partial charge in [0.15, 0.2) is 12.4 Å². The molecule has 0 radical (unpaired) electrons. The lowest BCUT2D eigenvalue weighted by atomic mass is 9.99. The second-order valence-electron chi connectivity index (χ2n) is 5.72. The average Bonchev–Trinajstić information content (AvgIpc) is 2.52. The van der Waals surface area contributed by atoms with Crippen molar-refractivity contribution >= 4 is 5.91 Å². The molecule has 1 aromatic heterocycles. The summed E-state index contributed by atoms with van der Waals surface area (Å²) >= 11 is 0. The summed E-state index contributed by atoms with van der Waals surface area (Å²) in [5.41, 5.74) is 0. The number of rotatable bonds is 6. The number of pyridine rings is 1. The lowest BCUT2D eigenvalue weighted by Gasteiger charge is -2.35. The van der Waals surface area contributed by atoms with Gasteiger partial charge in [-0.15, -0.1) is 0 Å². The molecule has 2 rings (SSSR count). The number of carbonyl (C=O) groups excluding carboxylic acids is 1. The Morgan fingerprint density at radius 1 is 1.20 bits per heavy atom. The van der Waals surface area contributed by atoms with E-state index in [-0.39, 0.29) is 0 Å². The summed E-state index contributed by atoms with van der Waals surface area (Å²) in [6.45, 7) is 4.18. The number of nitrogens with zero attached hydrogens (tertiary/aromatic N) is 2. The predicted octanol–water partition coefficient (Wildman–Crippen LogP) is 2.94. The molecule has 1 fully saturated rings. The Labute approximate surface area is 122 Å². The maximum atomic E-state index is 12.3. The van der Waals surface area contributed by atoms with Crippen molar-refractivity contribution in [1.82, 2.24) is 4.90 Å². The van der Waals surface area contributed by atoms with E-state index in [0.29, 0.717) is 18.4 Å². The number of amides is 1. The molecule has 0 bridgehead atoms. The minimum atomic E-state index is 0.370. The van der Waals surface area contributed by atoms with Crippen LogP contribution in [-0.4, -0.2) is 23.4 Å². The zero-order valence-corrected chi connectivity index (χ0v) is 12.6. The van der Waals surface area contributed by atoms with E-state index in [1.165, 1.54) is 19.3 Å². The molecule has 0 aromatic carbocycles. The van der Waals surface area contributed by atoms with E-state index >= 15 is 0 Å². The molecule has 20 heavy (non-hydrogen) atoms. The molecule has 1 saturated heterocycles. The van der Waals surface area contributed by atoms with Gasteiger partial charge in [-0.25, -0.2) is 4.57 Å². The standard InChI is InChI=1S/C17H27N2O/c1-2-16-10-4-9-15-19(16)17(20)11-5-8-14-18-12-6-3-7-13-18/h3,6-7,12-13,16H,2,4-5,8-11,14-15H2,1H3/q+1. The summed E-state index contributed by atoms with van der Waals surface area (Å²) in [5.74, 6) is 0.370. The van der Waals surface area contributed by atoms with Crippen molar-refractivity contribution in [2.45, 2.75) is 64.5 Å². The van der Waals surface area contributed by atoms with E-state index in [2.05, 4.69) is 28.8 Å². The van der Waals surface area contributed by atoms with Gasteiger partial charge in [-0.05, 0) is 32.1 Å². The lowest BCUT2D eigenvalue weighted by molar-refractivity contribution is -0.697. The third-order valence-electron chi connectivity index (χ3n) is 4.25. The molecule has 0 saturated carbocycles. The number of aromatic nitrogens is 1. The monoisotopic (exact) mass is 275 g/mol. The van der Waals surface area contributed by atoms with Gasteiger partial charge in [-0.1, -0.05) is 13.0 Å². The van der Waals surface area contributed by atoms with Crippen LogP contribution < -0.4 is 4.57 Å². The van der Waals surface area contributed by atoms with Gasteiger partial charge in [0.05, 0.1) is 0 Å². The Morgan fingerprint density at radius 3 is 2.75 bits per heavy atom. The average molecular weight is 275 g/mol. The minimum absolute atomic E-state index is 0.370. The zero-order chi connectivity index (χ0) is 14.2. The van der Waals surface area contributed by atoms with Crippen LogP contribution in [0.1, 0.15) is 51.9 Å². The van der Waals surface area contributed by atoms with Crippen LogP contribution in [0, 0.1) is 0 Å². The second kappa shape index (κ2) is 8.03. The maximum Gasteiger partial charge on any atom is 0.222 e. The summed E-state index contributed by atoms with van der Waals surface area (Å²) in [6, 6.07) is 6.62. The second-order valence-corrected chi connectivity index (χ2v) is 5.72. The predicted molar refractivity (Wildman–Crippen MR) is 80.1 cm³/mol. The fourth-order valence-corrected chi connectivity index (χ4v) is 3.05. The number of piperidine rings is 1. The molecule has 3 heteroatoms. The van der Waals surface area contributed by atoms with Gasteiger partial charge in [-0.2, -0.15) is 0 Å². The molecule has 1 unspecified atom stereocenters. The van der Waals surface area contributed by atoms with Gasteiger partial charge in [-0.3, -0.25) is 4.79 Å². The first-order valence-electron chi connectivity index (χ1n) is 8.05. The molecular formula is C17H27N2O+. The highest BCUT2D eigenvalue weighted by molar-refractivity contribution is 5.76. The largest absolute Gasteiger partial charge is 0.340 e. The molecule has 1 aliphatic rings. The van der Waals surface area contributed by atoms with Crippen LogP contribution >= 0.6 is 0 Å².